The monoisotopic (exact) mass is 536 g/mol. The molecule has 184 valence electrons. The molecule has 3 rings (SSSR count). The van der Waals surface area contributed by atoms with Crippen molar-refractivity contribution >= 4 is 45.4 Å². The van der Waals surface area contributed by atoms with Crippen LogP contribution in [-0.4, -0.2) is 34.3 Å². The Balaban J connectivity index is 1.73. The van der Waals surface area contributed by atoms with Gasteiger partial charge >= 0.3 is 10.1 Å². The van der Waals surface area contributed by atoms with Crippen molar-refractivity contribution in [2.75, 3.05) is 13.7 Å². The number of hydrogen-bond donors (Lipinski definition) is 1. The van der Waals surface area contributed by atoms with Gasteiger partial charge in [0, 0.05) is 5.56 Å². The molecule has 0 saturated carbocycles. The fourth-order valence-electron chi connectivity index (χ4n) is 2.91. The van der Waals surface area contributed by atoms with E-state index in [2.05, 4.69) is 10.5 Å². The first kappa shape index (κ1) is 26.3. The molecule has 0 spiro atoms. The van der Waals surface area contributed by atoms with Crippen molar-refractivity contribution < 1.29 is 26.9 Å². The predicted molar refractivity (Wildman–Crippen MR) is 135 cm³/mol. The number of amides is 1. The highest BCUT2D eigenvalue weighted by molar-refractivity contribution is 7.87. The molecule has 3 aromatic carbocycles. The van der Waals surface area contributed by atoms with Gasteiger partial charge in [0.25, 0.3) is 5.91 Å². The van der Waals surface area contributed by atoms with Gasteiger partial charge in [-0.3, -0.25) is 4.79 Å². The van der Waals surface area contributed by atoms with Crippen LogP contribution in [-0.2, 0) is 10.1 Å². The van der Waals surface area contributed by atoms with Crippen LogP contribution in [0.1, 0.15) is 28.4 Å². The summed E-state index contributed by atoms with van der Waals surface area (Å²) in [4.78, 5) is 12.4. The number of benzene rings is 3. The van der Waals surface area contributed by atoms with Gasteiger partial charge in [-0.05, 0) is 61.9 Å². The number of ether oxygens (including phenoxy) is 2. The molecule has 3 aromatic rings. The minimum atomic E-state index is -4.14. The number of halogens is 2. The molecular formula is C24H22Cl2N2O6S. The number of carbonyl (C=O) groups excluding carboxylic acids is 1. The molecule has 0 bridgehead atoms. The van der Waals surface area contributed by atoms with Gasteiger partial charge in [-0.1, -0.05) is 40.9 Å². The standard InChI is InChI=1S/C24H22Cl2N2O6S/c1-4-33-22-13-17(7-10-21(22)32-3)24(29)28-27-14-16-11-19(25)23(20(26)12-16)34-35(30,31)18-8-5-15(2)6-9-18/h5-14H,4H2,1-3H3,(H,28,29)/b27-14+. The molecule has 1 N–H and O–H groups in total. The van der Waals surface area contributed by atoms with Gasteiger partial charge in [-0.2, -0.15) is 13.5 Å². The maximum atomic E-state index is 12.6. The molecular weight excluding hydrogens is 515 g/mol. The highest BCUT2D eigenvalue weighted by atomic mass is 35.5. The molecule has 11 heteroatoms. The molecule has 0 aliphatic carbocycles. The van der Waals surface area contributed by atoms with Gasteiger partial charge in [0.05, 0.1) is 30.0 Å². The zero-order valence-electron chi connectivity index (χ0n) is 19.0. The van der Waals surface area contributed by atoms with E-state index in [1.165, 1.54) is 37.6 Å². The lowest BCUT2D eigenvalue weighted by molar-refractivity contribution is 0.0954. The molecule has 1 amide bonds. The van der Waals surface area contributed by atoms with Gasteiger partial charge in [0.2, 0.25) is 0 Å². The summed E-state index contributed by atoms with van der Waals surface area (Å²) in [6, 6.07) is 13.7. The second-order valence-corrected chi connectivity index (χ2v) is 9.52. The third-order valence-electron chi connectivity index (χ3n) is 4.63. The number of hydrogen-bond acceptors (Lipinski definition) is 7. The Morgan fingerprint density at radius 1 is 1.03 bits per heavy atom. The molecule has 35 heavy (non-hydrogen) atoms. The van der Waals surface area contributed by atoms with Crippen LogP contribution in [0.15, 0.2) is 64.6 Å². The summed E-state index contributed by atoms with van der Waals surface area (Å²) in [5.74, 6) is 0.243. The summed E-state index contributed by atoms with van der Waals surface area (Å²) in [7, 11) is -2.63. The predicted octanol–water partition coefficient (Wildman–Crippen LogP) is 5.24. The van der Waals surface area contributed by atoms with E-state index in [4.69, 9.17) is 36.9 Å². The molecule has 0 aromatic heterocycles. The molecule has 0 radical (unpaired) electrons. The lowest BCUT2D eigenvalue weighted by atomic mass is 10.2. The maximum Gasteiger partial charge on any atom is 0.339 e. The Kier molecular flexibility index (Phi) is 8.61. The lowest BCUT2D eigenvalue weighted by Gasteiger charge is -2.11. The molecule has 0 unspecified atom stereocenters. The fourth-order valence-corrected chi connectivity index (χ4v) is 4.55. The van der Waals surface area contributed by atoms with Crippen molar-refractivity contribution in [1.82, 2.24) is 5.43 Å². The number of rotatable bonds is 9. The van der Waals surface area contributed by atoms with E-state index >= 15 is 0 Å². The molecule has 0 aliphatic heterocycles. The van der Waals surface area contributed by atoms with Gasteiger partial charge in [-0.15, -0.1) is 0 Å². The second-order valence-electron chi connectivity index (χ2n) is 7.16. The van der Waals surface area contributed by atoms with Crippen LogP contribution in [0.5, 0.6) is 17.2 Å². The topological polar surface area (TPSA) is 103 Å². The summed E-state index contributed by atoms with van der Waals surface area (Å²) in [5, 5.41) is 3.82. The van der Waals surface area contributed by atoms with Crippen LogP contribution in [0.3, 0.4) is 0 Å². The maximum absolute atomic E-state index is 12.6. The Hall–Kier alpha value is -3.27. The average Bonchev–Trinajstić information content (AvgIpc) is 2.82. The SMILES string of the molecule is CCOc1cc(C(=O)N/N=C/c2cc(Cl)c(OS(=O)(=O)c3ccc(C)cc3)c(Cl)c2)ccc1OC. The highest BCUT2D eigenvalue weighted by Crippen LogP contribution is 2.36. The minimum absolute atomic E-state index is 0.0328. The molecule has 0 saturated heterocycles. The number of methoxy groups -OCH3 is 1. The number of carbonyl (C=O) groups is 1. The normalized spacial score (nSPS) is 11.3. The third kappa shape index (κ3) is 6.66. The number of nitrogens with one attached hydrogen (secondary N) is 1. The minimum Gasteiger partial charge on any atom is -0.493 e. The van der Waals surface area contributed by atoms with Crippen molar-refractivity contribution in [2.45, 2.75) is 18.7 Å². The van der Waals surface area contributed by atoms with E-state index in [0.29, 0.717) is 29.2 Å². The summed E-state index contributed by atoms with van der Waals surface area (Å²) < 4.78 is 41.0. The van der Waals surface area contributed by atoms with Crippen molar-refractivity contribution in [3.63, 3.8) is 0 Å². The summed E-state index contributed by atoms with van der Waals surface area (Å²) in [6.07, 6.45) is 1.31. The van der Waals surface area contributed by atoms with E-state index in [0.717, 1.165) is 5.56 Å². The van der Waals surface area contributed by atoms with Crippen LogP contribution >= 0.6 is 23.2 Å². The first-order valence-electron chi connectivity index (χ1n) is 10.3. The number of hydrazone groups is 1. The summed E-state index contributed by atoms with van der Waals surface area (Å²) in [6.45, 7) is 4.07. The quantitative estimate of drug-likeness (QED) is 0.228. The van der Waals surface area contributed by atoms with Crippen LogP contribution in [0.2, 0.25) is 10.0 Å². The second kappa shape index (κ2) is 11.4. The van der Waals surface area contributed by atoms with Crippen LogP contribution < -0.4 is 19.1 Å². The zero-order valence-corrected chi connectivity index (χ0v) is 21.4. The lowest BCUT2D eigenvalue weighted by Crippen LogP contribution is -2.17. The summed E-state index contributed by atoms with van der Waals surface area (Å²) >= 11 is 12.4. The smallest absolute Gasteiger partial charge is 0.339 e. The number of nitrogens with zero attached hydrogens (tertiary/aromatic N) is 1. The molecule has 0 aliphatic rings. The van der Waals surface area contributed by atoms with Crippen molar-refractivity contribution in [2.24, 2.45) is 5.10 Å². The van der Waals surface area contributed by atoms with Gasteiger partial charge < -0.3 is 13.7 Å². The van der Waals surface area contributed by atoms with E-state index in [1.807, 2.05) is 13.8 Å². The van der Waals surface area contributed by atoms with Crippen LogP contribution in [0, 0.1) is 6.92 Å². The van der Waals surface area contributed by atoms with E-state index in [9.17, 15) is 13.2 Å². The first-order chi connectivity index (χ1) is 16.6. The van der Waals surface area contributed by atoms with Crippen molar-refractivity contribution in [3.8, 4) is 17.2 Å². The van der Waals surface area contributed by atoms with Crippen molar-refractivity contribution in [1.29, 1.82) is 0 Å². The summed E-state index contributed by atoms with van der Waals surface area (Å²) in [5.41, 5.74) is 4.01. The Morgan fingerprint density at radius 2 is 1.69 bits per heavy atom. The van der Waals surface area contributed by atoms with E-state index in [1.54, 1.807) is 30.3 Å². The van der Waals surface area contributed by atoms with E-state index < -0.39 is 16.0 Å². The Bertz CT molecular complexity index is 1340. The fraction of sp³-hybridized carbons (Fsp3) is 0.167. The van der Waals surface area contributed by atoms with Crippen LogP contribution in [0.25, 0.3) is 0 Å². The van der Waals surface area contributed by atoms with E-state index in [-0.39, 0.29) is 20.7 Å². The molecule has 8 nitrogen and oxygen atoms in total. The van der Waals surface area contributed by atoms with Gasteiger partial charge in [-0.25, -0.2) is 5.43 Å². The Labute approximate surface area is 213 Å². The van der Waals surface area contributed by atoms with Crippen molar-refractivity contribution in [3.05, 3.63) is 81.3 Å². The molecule has 0 atom stereocenters. The Morgan fingerprint density at radius 3 is 2.29 bits per heavy atom. The number of aryl methyl sites for hydroxylation is 1. The van der Waals surface area contributed by atoms with Gasteiger partial charge in [0.1, 0.15) is 4.90 Å². The zero-order chi connectivity index (χ0) is 25.6. The van der Waals surface area contributed by atoms with Gasteiger partial charge in [0.15, 0.2) is 17.2 Å². The molecule has 0 heterocycles. The molecule has 0 fully saturated rings. The highest BCUT2D eigenvalue weighted by Gasteiger charge is 2.21. The van der Waals surface area contributed by atoms with Crippen LogP contribution in [0.4, 0.5) is 0 Å². The largest absolute Gasteiger partial charge is 0.493 e. The average molecular weight is 537 g/mol. The third-order valence-corrected chi connectivity index (χ3v) is 6.43. The first-order valence-corrected chi connectivity index (χ1v) is 12.5.